The smallest absolute Gasteiger partial charge is 0.0725 e. The van der Waals surface area contributed by atoms with Crippen LogP contribution in [-0.2, 0) is 16.2 Å². The van der Waals surface area contributed by atoms with Gasteiger partial charge in [0.25, 0.3) is 0 Å². The molecule has 16 rings (SSSR count). The second-order valence-corrected chi connectivity index (χ2v) is 22.9. The molecule has 380 valence electrons. The predicted octanol–water partition coefficient (Wildman–Crippen LogP) is 20.0. The Balaban J connectivity index is 0.00000552. The fourth-order valence-corrected chi connectivity index (χ4v) is 15.2. The number of fused-ring (bicyclic) bond motifs is 16. The molecule has 0 unspecified atom stereocenters. The van der Waals surface area contributed by atoms with Crippen LogP contribution in [0.1, 0.15) is 96.4 Å². The molecular formula is C80H60. The van der Waals surface area contributed by atoms with Crippen molar-refractivity contribution in [3.8, 4) is 66.8 Å². The number of hydrogen-bond donors (Lipinski definition) is 0. The van der Waals surface area contributed by atoms with E-state index in [9.17, 15) is 0 Å². The van der Waals surface area contributed by atoms with Crippen LogP contribution in [0.25, 0.3) is 66.8 Å². The Bertz CT molecular complexity index is 4110. The normalized spacial score (nSPS) is 14.4. The van der Waals surface area contributed by atoms with E-state index in [0.29, 0.717) is 0 Å². The van der Waals surface area contributed by atoms with E-state index in [1.54, 1.807) is 0 Å². The molecule has 0 heterocycles. The summed E-state index contributed by atoms with van der Waals surface area (Å²) in [6.07, 6.45) is 0. The summed E-state index contributed by atoms with van der Waals surface area (Å²) in [4.78, 5) is 0. The maximum atomic E-state index is 2.56. The summed E-state index contributed by atoms with van der Waals surface area (Å²) in [5.74, 6) is 0. The third kappa shape index (κ3) is 6.34. The Labute approximate surface area is 471 Å². The third-order valence-electron chi connectivity index (χ3n) is 18.8. The quantitative estimate of drug-likeness (QED) is 0.156. The fourth-order valence-electron chi connectivity index (χ4n) is 15.2. The van der Waals surface area contributed by atoms with Gasteiger partial charge in [0.1, 0.15) is 0 Å². The number of aryl methyl sites for hydroxylation is 4. The lowest BCUT2D eigenvalue weighted by Crippen LogP contribution is -2.28. The molecule has 80 heavy (non-hydrogen) atoms. The zero-order valence-electron chi connectivity index (χ0n) is 44.9. The first-order valence-corrected chi connectivity index (χ1v) is 28.0. The predicted molar refractivity (Wildman–Crippen MR) is 334 cm³/mol. The van der Waals surface area contributed by atoms with Gasteiger partial charge in [-0.1, -0.05) is 272 Å². The molecule has 0 heteroatoms. The van der Waals surface area contributed by atoms with Crippen LogP contribution in [-0.4, -0.2) is 0 Å². The molecule has 0 aromatic heterocycles. The van der Waals surface area contributed by atoms with Crippen molar-refractivity contribution in [3.05, 3.63) is 356 Å². The van der Waals surface area contributed by atoms with Crippen molar-refractivity contribution in [3.63, 3.8) is 0 Å². The van der Waals surface area contributed by atoms with E-state index in [0.717, 1.165) is 0 Å². The van der Waals surface area contributed by atoms with Crippen molar-refractivity contribution in [2.24, 2.45) is 0 Å². The maximum absolute atomic E-state index is 2.56. The van der Waals surface area contributed by atoms with Crippen LogP contribution in [0.2, 0.25) is 0 Å². The molecule has 4 aliphatic rings. The standard InChI is InChI=1S/C79H56.CH4/c1-49-21-33-57(34-22-49)77(58-35-23-50(2)24-36-58)69-17-9-5-15-63(69)65-41-29-53(45-73(65)77)55-31-43-67-68-44-32-56(48-76(68)79(75(67)47-55)71-19-11-7-13-61(71)62-14-8-12-20-72(62)79)54-30-42-66-64-16-6-10-18-70(64)78(74(66)46-54,59-37-25-51(3)26-38-59)60-39-27-52(4)28-40-60;/h5-48H,1-4H3;1H4. The van der Waals surface area contributed by atoms with Crippen LogP contribution in [0.3, 0.4) is 0 Å². The third-order valence-corrected chi connectivity index (χ3v) is 18.8. The highest BCUT2D eigenvalue weighted by molar-refractivity contribution is 5.98. The molecular weight excluding hydrogens is 961 g/mol. The lowest BCUT2D eigenvalue weighted by atomic mass is 9.67. The van der Waals surface area contributed by atoms with E-state index in [1.165, 1.54) is 156 Å². The minimum atomic E-state index is -0.551. The molecule has 0 N–H and O–H groups in total. The van der Waals surface area contributed by atoms with Crippen molar-refractivity contribution in [1.29, 1.82) is 0 Å². The van der Waals surface area contributed by atoms with E-state index in [1.807, 2.05) is 0 Å². The number of hydrogen-bond acceptors (Lipinski definition) is 0. The van der Waals surface area contributed by atoms with Gasteiger partial charge in [0.2, 0.25) is 0 Å². The van der Waals surface area contributed by atoms with Crippen LogP contribution < -0.4 is 0 Å². The van der Waals surface area contributed by atoms with Gasteiger partial charge in [-0.25, -0.2) is 0 Å². The first-order valence-electron chi connectivity index (χ1n) is 28.0. The highest BCUT2D eigenvalue weighted by Crippen LogP contribution is 2.65. The molecule has 0 fully saturated rings. The second-order valence-electron chi connectivity index (χ2n) is 22.9. The van der Waals surface area contributed by atoms with Crippen LogP contribution >= 0.6 is 0 Å². The maximum Gasteiger partial charge on any atom is 0.0725 e. The highest BCUT2D eigenvalue weighted by Gasteiger charge is 2.53. The molecule has 1 spiro atoms. The topological polar surface area (TPSA) is 0 Å². The Kier molecular flexibility index (Phi) is 10.5. The molecule has 0 radical (unpaired) electrons. The number of rotatable bonds is 6. The largest absolute Gasteiger partial charge is 0.0776 e. The van der Waals surface area contributed by atoms with Crippen molar-refractivity contribution in [2.75, 3.05) is 0 Å². The fraction of sp³-hybridized carbons (Fsp3) is 0.100. The molecule has 4 aliphatic carbocycles. The first kappa shape index (κ1) is 47.8. The van der Waals surface area contributed by atoms with Crippen molar-refractivity contribution in [1.82, 2.24) is 0 Å². The van der Waals surface area contributed by atoms with Gasteiger partial charge in [-0.3, -0.25) is 0 Å². The SMILES string of the molecule is C.Cc1ccc(C2(c3ccc(C)cc3)c3ccccc3-c3ccc(-c4ccc5c(c4)C4(c6ccccc6-c6ccccc64)c4cc(-c6ccc7c(c6)C(c6ccc(C)cc6)(c6ccc(C)cc6)c6ccccc6-7)ccc4-5)cc32)cc1. The van der Waals surface area contributed by atoms with Gasteiger partial charge in [0.05, 0.1) is 16.2 Å². The lowest BCUT2D eigenvalue weighted by Gasteiger charge is -2.34. The molecule has 0 aliphatic heterocycles. The van der Waals surface area contributed by atoms with Crippen molar-refractivity contribution >= 4 is 0 Å². The molecule has 12 aromatic carbocycles. The summed E-state index contributed by atoms with van der Waals surface area (Å²) in [6, 6.07) is 103. The van der Waals surface area contributed by atoms with E-state index in [4.69, 9.17) is 0 Å². The van der Waals surface area contributed by atoms with E-state index >= 15 is 0 Å². The molecule has 0 saturated carbocycles. The summed E-state index contributed by atoms with van der Waals surface area (Å²) in [5, 5.41) is 0. The minimum absolute atomic E-state index is 0. The minimum Gasteiger partial charge on any atom is -0.0776 e. The Hall–Kier alpha value is -9.36. The van der Waals surface area contributed by atoms with E-state index in [-0.39, 0.29) is 7.43 Å². The zero-order valence-corrected chi connectivity index (χ0v) is 44.9. The van der Waals surface area contributed by atoms with Gasteiger partial charge < -0.3 is 0 Å². The van der Waals surface area contributed by atoms with Crippen LogP contribution in [0.5, 0.6) is 0 Å². The number of benzene rings is 12. The van der Waals surface area contributed by atoms with Gasteiger partial charge in [-0.15, -0.1) is 0 Å². The van der Waals surface area contributed by atoms with Gasteiger partial charge in [0, 0.05) is 0 Å². The molecule has 0 atom stereocenters. The summed E-state index contributed by atoms with van der Waals surface area (Å²) in [6.45, 7) is 8.75. The van der Waals surface area contributed by atoms with Gasteiger partial charge in [0.15, 0.2) is 0 Å². The molecule has 0 saturated heterocycles. The Morgan fingerprint density at radius 1 is 0.188 bits per heavy atom. The highest BCUT2D eigenvalue weighted by atomic mass is 14.5. The molecule has 0 nitrogen and oxygen atoms in total. The van der Waals surface area contributed by atoms with Crippen molar-refractivity contribution in [2.45, 2.75) is 51.4 Å². The van der Waals surface area contributed by atoms with Crippen LogP contribution in [0.15, 0.2) is 267 Å². The van der Waals surface area contributed by atoms with E-state index in [2.05, 4.69) is 295 Å². The van der Waals surface area contributed by atoms with Crippen LogP contribution in [0.4, 0.5) is 0 Å². The molecule has 12 aromatic rings. The van der Waals surface area contributed by atoms with Crippen LogP contribution in [0, 0.1) is 27.7 Å². The summed E-state index contributed by atoms with van der Waals surface area (Å²) in [5.41, 5.74) is 34.5. The monoisotopic (exact) mass is 1020 g/mol. The molecule has 0 bridgehead atoms. The summed E-state index contributed by atoms with van der Waals surface area (Å²) < 4.78 is 0. The Morgan fingerprint density at radius 3 is 0.637 bits per heavy atom. The van der Waals surface area contributed by atoms with Gasteiger partial charge in [-0.2, -0.15) is 0 Å². The summed E-state index contributed by atoms with van der Waals surface area (Å²) >= 11 is 0. The molecule has 0 amide bonds. The second kappa shape index (κ2) is 17.6. The first-order chi connectivity index (χ1) is 38.8. The van der Waals surface area contributed by atoms with E-state index < -0.39 is 16.2 Å². The van der Waals surface area contributed by atoms with Crippen molar-refractivity contribution < 1.29 is 0 Å². The van der Waals surface area contributed by atoms with Gasteiger partial charge >= 0.3 is 0 Å². The zero-order chi connectivity index (χ0) is 52.8. The average molecular weight is 1020 g/mol. The summed E-state index contributed by atoms with van der Waals surface area (Å²) in [7, 11) is 0. The lowest BCUT2D eigenvalue weighted by molar-refractivity contribution is 0.767. The average Bonchev–Trinajstić information content (AvgIpc) is 2.52. The Morgan fingerprint density at radius 2 is 0.388 bits per heavy atom. The van der Waals surface area contributed by atoms with Gasteiger partial charge in [-0.05, 0) is 185 Å².